The van der Waals surface area contributed by atoms with Crippen molar-refractivity contribution >= 4 is 24.1 Å². The van der Waals surface area contributed by atoms with Gasteiger partial charge in [-0.05, 0) is 19.8 Å². The van der Waals surface area contributed by atoms with Crippen molar-refractivity contribution in [1.82, 2.24) is 0 Å². The Morgan fingerprint density at radius 1 is 1.08 bits per heavy atom. The Hall–Kier alpha value is 0.620. The molecule has 0 aromatic heterocycles. The highest BCUT2D eigenvalue weighted by atomic mass is 32.2. The molecule has 0 heterocycles. The first-order valence-corrected chi connectivity index (χ1v) is 5.66. The van der Waals surface area contributed by atoms with Crippen molar-refractivity contribution in [2.75, 3.05) is 13.2 Å². The number of hydrogen-bond acceptors (Lipinski definition) is 4. The van der Waals surface area contributed by atoms with Gasteiger partial charge in [0.25, 0.3) is 0 Å². The fourth-order valence-electron chi connectivity index (χ4n) is 0.440. The van der Waals surface area contributed by atoms with E-state index < -0.39 is 0 Å². The normalized spacial score (nSPS) is 11.5. The minimum atomic E-state index is 0.484. The highest BCUT2D eigenvalue weighted by Gasteiger charge is 2.17. The van der Waals surface area contributed by atoms with Crippen molar-refractivity contribution in [3.05, 3.63) is 4.58 Å². The predicted octanol–water partition coefficient (Wildman–Crippen LogP) is 3.50. The minimum Gasteiger partial charge on any atom is -0.314 e. The van der Waals surface area contributed by atoms with E-state index >= 15 is 0 Å². The van der Waals surface area contributed by atoms with Gasteiger partial charge in [-0.2, -0.15) is 0 Å². The first-order chi connectivity index (χ1) is 5.72. The van der Waals surface area contributed by atoms with Crippen LogP contribution in [-0.4, -0.2) is 13.2 Å². The second-order valence-corrected chi connectivity index (χ2v) is 4.40. The van der Waals surface area contributed by atoms with E-state index in [-0.39, 0.29) is 0 Å². The maximum atomic E-state index is 5.23. The molecule has 0 rings (SSSR count). The van der Waals surface area contributed by atoms with E-state index in [0.717, 1.165) is 13.2 Å². The fourth-order valence-corrected chi connectivity index (χ4v) is 1.69. The van der Waals surface area contributed by atoms with Gasteiger partial charge in [-0.15, -0.1) is 0 Å². The van der Waals surface area contributed by atoms with Crippen molar-refractivity contribution < 1.29 is 8.37 Å². The van der Waals surface area contributed by atoms with Crippen LogP contribution in [0, 0.1) is 10.5 Å². The molecule has 0 atom stereocenters. The average Bonchev–Trinajstić information content (AvgIpc) is 2.04. The molecule has 0 aliphatic carbocycles. The van der Waals surface area contributed by atoms with Crippen LogP contribution in [0.1, 0.15) is 27.7 Å². The molecule has 0 fully saturated rings. The summed E-state index contributed by atoms with van der Waals surface area (Å²) in [5.41, 5.74) is 0. The van der Waals surface area contributed by atoms with Crippen LogP contribution in [0.4, 0.5) is 0 Å². The molecular formula is C8H17O2S2. The largest absolute Gasteiger partial charge is 0.314 e. The van der Waals surface area contributed by atoms with Gasteiger partial charge in [0.1, 0.15) is 4.58 Å². The van der Waals surface area contributed by atoms with E-state index in [1.165, 1.54) is 28.7 Å². The zero-order valence-electron chi connectivity index (χ0n) is 8.12. The monoisotopic (exact) mass is 209 g/mol. The van der Waals surface area contributed by atoms with E-state index in [1.807, 2.05) is 13.8 Å². The van der Waals surface area contributed by atoms with Crippen molar-refractivity contribution in [2.45, 2.75) is 27.7 Å². The van der Waals surface area contributed by atoms with Gasteiger partial charge >= 0.3 is 0 Å². The third-order valence-electron chi connectivity index (χ3n) is 0.989. The topological polar surface area (TPSA) is 18.5 Å². The molecule has 2 nitrogen and oxygen atoms in total. The van der Waals surface area contributed by atoms with Crippen LogP contribution < -0.4 is 0 Å². The summed E-state index contributed by atoms with van der Waals surface area (Å²) in [5.74, 6) is 0.484. The number of hydrogen-bond donors (Lipinski definition) is 0. The Balaban J connectivity index is 3.55. The molecule has 4 heteroatoms. The van der Waals surface area contributed by atoms with Crippen LogP contribution in [0.5, 0.6) is 0 Å². The summed E-state index contributed by atoms with van der Waals surface area (Å²) in [5, 5.41) is 0. The molecule has 73 valence electrons. The summed E-state index contributed by atoms with van der Waals surface area (Å²) in [6.07, 6.45) is 0. The Bertz CT molecular complexity index is 91.1. The second kappa shape index (κ2) is 8.23. The zero-order chi connectivity index (χ0) is 9.40. The highest BCUT2D eigenvalue weighted by Crippen LogP contribution is 2.39. The maximum Gasteiger partial charge on any atom is 0.144 e. The maximum absolute atomic E-state index is 5.23. The average molecular weight is 209 g/mol. The predicted molar refractivity (Wildman–Crippen MR) is 56.5 cm³/mol. The van der Waals surface area contributed by atoms with E-state index in [9.17, 15) is 0 Å². The molecule has 12 heavy (non-hydrogen) atoms. The summed E-state index contributed by atoms with van der Waals surface area (Å²) < 4.78 is 11.6. The SMILES string of the molecule is CCOS[C](SOCC)C(C)C. The smallest absolute Gasteiger partial charge is 0.144 e. The molecule has 0 aromatic carbocycles. The van der Waals surface area contributed by atoms with Crippen molar-refractivity contribution in [1.29, 1.82) is 0 Å². The summed E-state index contributed by atoms with van der Waals surface area (Å²) in [4.78, 5) is 0. The number of rotatable bonds is 7. The fraction of sp³-hybridized carbons (Fsp3) is 0.875. The van der Waals surface area contributed by atoms with Gasteiger partial charge in [-0.3, -0.25) is 0 Å². The first-order valence-electron chi connectivity index (χ1n) is 4.18. The van der Waals surface area contributed by atoms with E-state index in [0.29, 0.717) is 5.92 Å². The van der Waals surface area contributed by atoms with Crippen LogP contribution >= 0.6 is 24.1 Å². The van der Waals surface area contributed by atoms with Gasteiger partial charge in [0.2, 0.25) is 0 Å². The van der Waals surface area contributed by atoms with Gasteiger partial charge in [-0.1, -0.05) is 13.8 Å². The van der Waals surface area contributed by atoms with Crippen LogP contribution in [0.2, 0.25) is 0 Å². The third-order valence-corrected chi connectivity index (χ3v) is 3.38. The zero-order valence-corrected chi connectivity index (χ0v) is 9.76. The molecule has 0 aliphatic rings. The lowest BCUT2D eigenvalue weighted by atomic mass is 10.3. The standard InChI is InChI=1S/C8H17O2S2/c1-5-9-11-8(7(3)4)12-10-6-2/h7H,5-6H2,1-4H3. The molecule has 1 radical (unpaired) electrons. The van der Waals surface area contributed by atoms with E-state index in [1.54, 1.807) is 0 Å². The molecule has 0 N–H and O–H groups in total. The lowest BCUT2D eigenvalue weighted by Crippen LogP contribution is -1.99. The van der Waals surface area contributed by atoms with Gasteiger partial charge in [-0.25, -0.2) is 0 Å². The van der Waals surface area contributed by atoms with E-state index in [2.05, 4.69) is 13.8 Å². The molecule has 0 aromatic rings. The van der Waals surface area contributed by atoms with Gasteiger partial charge in [0.05, 0.1) is 13.2 Å². The molecule has 0 unspecified atom stereocenters. The van der Waals surface area contributed by atoms with E-state index in [4.69, 9.17) is 8.37 Å². The Morgan fingerprint density at radius 3 is 1.75 bits per heavy atom. The lowest BCUT2D eigenvalue weighted by Gasteiger charge is -2.15. The van der Waals surface area contributed by atoms with Gasteiger partial charge < -0.3 is 8.37 Å². The summed E-state index contributed by atoms with van der Waals surface area (Å²) in [6, 6.07) is 0. The van der Waals surface area contributed by atoms with Crippen LogP contribution in [-0.2, 0) is 8.37 Å². The van der Waals surface area contributed by atoms with Gasteiger partial charge in [0, 0.05) is 24.1 Å². The minimum absolute atomic E-state index is 0.484. The third kappa shape index (κ3) is 6.17. The van der Waals surface area contributed by atoms with Crippen LogP contribution in [0.15, 0.2) is 0 Å². The first kappa shape index (κ1) is 12.6. The molecule has 0 saturated carbocycles. The summed E-state index contributed by atoms with van der Waals surface area (Å²) in [6.45, 7) is 9.69. The Morgan fingerprint density at radius 2 is 1.50 bits per heavy atom. The van der Waals surface area contributed by atoms with Crippen LogP contribution in [0.3, 0.4) is 0 Å². The van der Waals surface area contributed by atoms with Crippen molar-refractivity contribution in [3.63, 3.8) is 0 Å². The Labute approximate surface area is 84.2 Å². The molecule has 0 bridgehead atoms. The Kier molecular flexibility index (Phi) is 8.65. The van der Waals surface area contributed by atoms with Crippen molar-refractivity contribution in [3.8, 4) is 0 Å². The quantitative estimate of drug-likeness (QED) is 0.597. The molecule has 0 amide bonds. The summed E-state index contributed by atoms with van der Waals surface area (Å²) >= 11 is 2.85. The summed E-state index contributed by atoms with van der Waals surface area (Å²) in [7, 11) is 0. The molecular weight excluding hydrogens is 192 g/mol. The highest BCUT2D eigenvalue weighted by molar-refractivity contribution is 8.16. The molecule has 0 aliphatic heterocycles. The van der Waals surface area contributed by atoms with Crippen LogP contribution in [0.25, 0.3) is 0 Å². The molecule has 0 saturated heterocycles. The second-order valence-electron chi connectivity index (χ2n) is 2.45. The molecule has 0 spiro atoms. The van der Waals surface area contributed by atoms with Crippen molar-refractivity contribution in [2.24, 2.45) is 5.92 Å². The lowest BCUT2D eigenvalue weighted by molar-refractivity contribution is 0.394. The van der Waals surface area contributed by atoms with Gasteiger partial charge in [0.15, 0.2) is 0 Å².